The van der Waals surface area contributed by atoms with E-state index in [9.17, 15) is 4.79 Å². The maximum atomic E-state index is 11.7. The van der Waals surface area contributed by atoms with E-state index < -0.39 is 0 Å². The number of ketones is 1. The first kappa shape index (κ1) is 10.5. The van der Waals surface area contributed by atoms with Crippen molar-refractivity contribution in [1.82, 2.24) is 5.32 Å². The molecule has 1 aliphatic rings. The van der Waals surface area contributed by atoms with Crippen LogP contribution < -0.4 is 5.32 Å². The van der Waals surface area contributed by atoms with Gasteiger partial charge in [-0.2, -0.15) is 0 Å². The SMILES string of the molecule is C=C(C)CC(=O)C1CNCC(C)C1. The number of nitrogens with one attached hydrogen (secondary N) is 1. The maximum Gasteiger partial charge on any atom is 0.141 e. The van der Waals surface area contributed by atoms with Crippen LogP contribution in [0.4, 0.5) is 0 Å². The molecule has 0 spiro atoms. The van der Waals surface area contributed by atoms with Gasteiger partial charge in [-0.15, -0.1) is 0 Å². The van der Waals surface area contributed by atoms with Gasteiger partial charge in [-0.1, -0.05) is 19.1 Å². The lowest BCUT2D eigenvalue weighted by molar-refractivity contribution is -0.123. The minimum Gasteiger partial charge on any atom is -0.316 e. The summed E-state index contributed by atoms with van der Waals surface area (Å²) in [5, 5.41) is 3.29. The Kier molecular flexibility index (Phi) is 3.67. The molecular weight excluding hydrogens is 162 g/mol. The Morgan fingerprint density at radius 3 is 2.77 bits per heavy atom. The van der Waals surface area contributed by atoms with E-state index >= 15 is 0 Å². The Balaban J connectivity index is 2.41. The lowest BCUT2D eigenvalue weighted by Crippen LogP contribution is -2.38. The molecule has 0 aromatic carbocycles. The fourth-order valence-electron chi connectivity index (χ4n) is 1.84. The summed E-state index contributed by atoms with van der Waals surface area (Å²) in [5.41, 5.74) is 0.975. The molecule has 1 heterocycles. The number of carbonyl (C=O) groups excluding carboxylic acids is 1. The van der Waals surface area contributed by atoms with Crippen LogP contribution in [0.5, 0.6) is 0 Å². The number of piperidine rings is 1. The largest absolute Gasteiger partial charge is 0.316 e. The minimum absolute atomic E-state index is 0.223. The Bertz CT molecular complexity index is 210. The van der Waals surface area contributed by atoms with E-state index in [0.29, 0.717) is 18.1 Å². The first-order valence-corrected chi connectivity index (χ1v) is 4.97. The Morgan fingerprint density at radius 1 is 1.54 bits per heavy atom. The molecule has 2 heteroatoms. The summed E-state index contributed by atoms with van der Waals surface area (Å²) in [6.45, 7) is 9.78. The lowest BCUT2D eigenvalue weighted by Gasteiger charge is -2.26. The lowest BCUT2D eigenvalue weighted by atomic mass is 9.87. The molecule has 0 aliphatic carbocycles. The molecule has 1 rings (SSSR count). The zero-order valence-electron chi connectivity index (χ0n) is 8.60. The molecule has 2 unspecified atom stereocenters. The minimum atomic E-state index is 0.223. The van der Waals surface area contributed by atoms with Crippen molar-refractivity contribution in [3.63, 3.8) is 0 Å². The molecule has 13 heavy (non-hydrogen) atoms. The first-order chi connectivity index (χ1) is 6.09. The van der Waals surface area contributed by atoms with Crippen molar-refractivity contribution in [2.75, 3.05) is 13.1 Å². The second-order valence-electron chi connectivity index (χ2n) is 4.30. The summed E-state index contributed by atoms with van der Waals surface area (Å²) >= 11 is 0. The molecule has 0 bridgehead atoms. The molecule has 0 amide bonds. The van der Waals surface area contributed by atoms with Gasteiger partial charge in [-0.25, -0.2) is 0 Å². The monoisotopic (exact) mass is 181 g/mol. The van der Waals surface area contributed by atoms with Crippen LogP contribution in [-0.4, -0.2) is 18.9 Å². The molecular formula is C11H19NO. The maximum absolute atomic E-state index is 11.7. The highest BCUT2D eigenvalue weighted by Gasteiger charge is 2.24. The predicted molar refractivity (Wildman–Crippen MR) is 54.6 cm³/mol. The second kappa shape index (κ2) is 4.56. The number of carbonyl (C=O) groups is 1. The van der Waals surface area contributed by atoms with E-state index in [-0.39, 0.29) is 5.92 Å². The van der Waals surface area contributed by atoms with Crippen molar-refractivity contribution in [2.45, 2.75) is 26.7 Å². The molecule has 0 saturated carbocycles. The highest BCUT2D eigenvalue weighted by molar-refractivity contribution is 5.83. The van der Waals surface area contributed by atoms with Gasteiger partial charge in [-0.3, -0.25) is 4.79 Å². The molecule has 1 aliphatic heterocycles. The van der Waals surface area contributed by atoms with Gasteiger partial charge >= 0.3 is 0 Å². The summed E-state index contributed by atoms with van der Waals surface area (Å²) < 4.78 is 0. The molecule has 0 aromatic rings. The van der Waals surface area contributed by atoms with Gasteiger partial charge in [0.05, 0.1) is 0 Å². The molecule has 2 nitrogen and oxygen atoms in total. The van der Waals surface area contributed by atoms with Crippen LogP contribution in [0.3, 0.4) is 0 Å². The highest BCUT2D eigenvalue weighted by atomic mass is 16.1. The third-order valence-electron chi connectivity index (χ3n) is 2.50. The van der Waals surface area contributed by atoms with E-state index in [4.69, 9.17) is 0 Å². The van der Waals surface area contributed by atoms with Crippen LogP contribution in [0.15, 0.2) is 12.2 Å². The summed E-state index contributed by atoms with van der Waals surface area (Å²) in [4.78, 5) is 11.7. The quantitative estimate of drug-likeness (QED) is 0.672. The summed E-state index contributed by atoms with van der Waals surface area (Å²) in [7, 11) is 0. The number of allylic oxidation sites excluding steroid dienone is 1. The Labute approximate surface area is 80.4 Å². The van der Waals surface area contributed by atoms with Crippen LogP contribution in [-0.2, 0) is 4.79 Å². The predicted octanol–water partition coefficient (Wildman–Crippen LogP) is 1.77. The van der Waals surface area contributed by atoms with Gasteiger partial charge in [0.15, 0.2) is 0 Å². The van der Waals surface area contributed by atoms with Gasteiger partial charge in [-0.05, 0) is 25.8 Å². The molecule has 74 valence electrons. The Morgan fingerprint density at radius 2 is 2.23 bits per heavy atom. The van der Waals surface area contributed by atoms with Crippen molar-refractivity contribution in [3.8, 4) is 0 Å². The summed E-state index contributed by atoms with van der Waals surface area (Å²) in [5.74, 6) is 1.21. The zero-order valence-corrected chi connectivity index (χ0v) is 8.60. The van der Waals surface area contributed by atoms with Gasteiger partial charge in [0.2, 0.25) is 0 Å². The van der Waals surface area contributed by atoms with Gasteiger partial charge in [0.1, 0.15) is 5.78 Å². The van der Waals surface area contributed by atoms with Crippen molar-refractivity contribution in [3.05, 3.63) is 12.2 Å². The van der Waals surface area contributed by atoms with Crippen molar-refractivity contribution in [1.29, 1.82) is 0 Å². The van der Waals surface area contributed by atoms with Crippen molar-refractivity contribution in [2.24, 2.45) is 11.8 Å². The standard InChI is InChI=1S/C11H19NO/c1-8(2)4-11(13)10-5-9(3)6-12-7-10/h9-10,12H,1,4-7H2,2-3H3. The molecule has 1 fully saturated rings. The van der Waals surface area contributed by atoms with Crippen LogP contribution >= 0.6 is 0 Å². The van der Waals surface area contributed by atoms with E-state index in [1.165, 1.54) is 0 Å². The van der Waals surface area contributed by atoms with Crippen LogP contribution in [0, 0.1) is 11.8 Å². The van der Waals surface area contributed by atoms with Gasteiger partial charge < -0.3 is 5.32 Å². The third-order valence-corrected chi connectivity index (χ3v) is 2.50. The van der Waals surface area contributed by atoms with Crippen LogP contribution in [0.25, 0.3) is 0 Å². The molecule has 1 N–H and O–H groups in total. The number of rotatable bonds is 3. The fraction of sp³-hybridized carbons (Fsp3) is 0.727. The molecule has 0 radical (unpaired) electrons. The molecule has 1 saturated heterocycles. The topological polar surface area (TPSA) is 29.1 Å². The first-order valence-electron chi connectivity index (χ1n) is 4.97. The van der Waals surface area contributed by atoms with Gasteiger partial charge in [0.25, 0.3) is 0 Å². The number of Topliss-reactive ketones (excluding diaryl/α,β-unsaturated/α-hetero) is 1. The average molecular weight is 181 g/mol. The molecule has 0 aromatic heterocycles. The number of hydrogen-bond acceptors (Lipinski definition) is 2. The van der Waals surface area contributed by atoms with Gasteiger partial charge in [0, 0.05) is 18.9 Å². The van der Waals surface area contributed by atoms with Crippen LogP contribution in [0.1, 0.15) is 26.7 Å². The third kappa shape index (κ3) is 3.31. The summed E-state index contributed by atoms with van der Waals surface area (Å²) in [6, 6.07) is 0. The molecule has 2 atom stereocenters. The van der Waals surface area contributed by atoms with E-state index in [2.05, 4.69) is 18.8 Å². The average Bonchev–Trinajstić information content (AvgIpc) is 2.03. The summed E-state index contributed by atoms with van der Waals surface area (Å²) in [6.07, 6.45) is 1.60. The van der Waals surface area contributed by atoms with E-state index in [1.807, 2.05) is 6.92 Å². The van der Waals surface area contributed by atoms with Crippen molar-refractivity contribution >= 4 is 5.78 Å². The van der Waals surface area contributed by atoms with Crippen molar-refractivity contribution < 1.29 is 4.79 Å². The Hall–Kier alpha value is -0.630. The van der Waals surface area contributed by atoms with E-state index in [0.717, 1.165) is 25.1 Å². The normalized spacial score (nSPS) is 28.5. The number of hydrogen-bond donors (Lipinski definition) is 1. The zero-order chi connectivity index (χ0) is 9.84. The second-order valence-corrected chi connectivity index (χ2v) is 4.30. The van der Waals surface area contributed by atoms with E-state index in [1.54, 1.807) is 0 Å². The fourth-order valence-corrected chi connectivity index (χ4v) is 1.84. The smallest absolute Gasteiger partial charge is 0.141 e. The highest BCUT2D eigenvalue weighted by Crippen LogP contribution is 2.18. The van der Waals surface area contributed by atoms with Crippen LogP contribution in [0.2, 0.25) is 0 Å².